The minimum atomic E-state index is -3.52. The van der Waals surface area contributed by atoms with Crippen molar-refractivity contribution in [2.45, 2.75) is 17.2 Å². The number of methoxy groups -OCH3 is 1. The second kappa shape index (κ2) is 7.07. The molecule has 1 heterocycles. The van der Waals surface area contributed by atoms with E-state index in [2.05, 4.69) is 15.9 Å². The van der Waals surface area contributed by atoms with E-state index in [-0.39, 0.29) is 5.37 Å². The van der Waals surface area contributed by atoms with Crippen LogP contribution in [0.1, 0.15) is 16.5 Å². The number of nitrogens with zero attached hydrogens (tertiary/aromatic N) is 1. The van der Waals surface area contributed by atoms with Gasteiger partial charge in [0.1, 0.15) is 5.75 Å². The van der Waals surface area contributed by atoms with Crippen LogP contribution in [0.3, 0.4) is 0 Å². The highest BCUT2D eigenvalue weighted by molar-refractivity contribution is 9.10. The summed E-state index contributed by atoms with van der Waals surface area (Å²) in [7, 11) is -1.89. The Balaban J connectivity index is 1.95. The van der Waals surface area contributed by atoms with E-state index in [4.69, 9.17) is 4.74 Å². The molecular formula is C17H18BrNO3S2. The predicted molar refractivity (Wildman–Crippen MR) is 101 cm³/mol. The maximum Gasteiger partial charge on any atom is 0.244 e. The van der Waals surface area contributed by atoms with Crippen LogP contribution in [0.15, 0.2) is 51.8 Å². The topological polar surface area (TPSA) is 46.6 Å². The van der Waals surface area contributed by atoms with Crippen molar-refractivity contribution < 1.29 is 13.2 Å². The van der Waals surface area contributed by atoms with Crippen LogP contribution in [-0.2, 0) is 10.0 Å². The summed E-state index contributed by atoms with van der Waals surface area (Å²) in [5.41, 5.74) is 1.99. The van der Waals surface area contributed by atoms with Crippen LogP contribution in [0.5, 0.6) is 5.75 Å². The van der Waals surface area contributed by atoms with Gasteiger partial charge in [0.2, 0.25) is 10.0 Å². The van der Waals surface area contributed by atoms with Crippen LogP contribution in [0.4, 0.5) is 0 Å². The van der Waals surface area contributed by atoms with Gasteiger partial charge in [0, 0.05) is 16.8 Å². The standard InChI is InChI=1S/C17H18BrNO3S2/c1-12-11-13(3-8-16(12)22-2)17-19(9-10-23-17)24(20,21)15-6-4-14(18)5-7-15/h3-8,11,17H,9-10H2,1-2H3. The van der Waals surface area contributed by atoms with E-state index in [9.17, 15) is 8.42 Å². The van der Waals surface area contributed by atoms with Crippen molar-refractivity contribution in [3.63, 3.8) is 0 Å². The molecular weight excluding hydrogens is 410 g/mol. The van der Waals surface area contributed by atoms with Crippen LogP contribution < -0.4 is 4.74 Å². The first-order valence-electron chi connectivity index (χ1n) is 7.47. The number of halogens is 1. The first kappa shape index (κ1) is 17.8. The van der Waals surface area contributed by atoms with Crippen molar-refractivity contribution in [1.29, 1.82) is 0 Å². The quantitative estimate of drug-likeness (QED) is 0.733. The molecule has 3 rings (SSSR count). The van der Waals surface area contributed by atoms with Crippen LogP contribution in [0.2, 0.25) is 0 Å². The van der Waals surface area contributed by atoms with Gasteiger partial charge in [0.15, 0.2) is 0 Å². The molecule has 128 valence electrons. The van der Waals surface area contributed by atoms with Gasteiger partial charge >= 0.3 is 0 Å². The van der Waals surface area contributed by atoms with Gasteiger partial charge in [-0.15, -0.1) is 11.8 Å². The molecule has 0 radical (unpaired) electrons. The second-order valence-corrected chi connectivity index (χ2v) is 9.52. The van der Waals surface area contributed by atoms with Gasteiger partial charge in [-0.2, -0.15) is 4.31 Å². The van der Waals surface area contributed by atoms with Gasteiger partial charge < -0.3 is 4.74 Å². The van der Waals surface area contributed by atoms with E-state index >= 15 is 0 Å². The van der Waals surface area contributed by atoms with Crippen LogP contribution in [0, 0.1) is 6.92 Å². The lowest BCUT2D eigenvalue weighted by molar-refractivity contribution is 0.410. The molecule has 1 atom stereocenters. The largest absolute Gasteiger partial charge is 0.496 e. The maximum atomic E-state index is 13.0. The van der Waals surface area contributed by atoms with E-state index < -0.39 is 10.0 Å². The summed E-state index contributed by atoms with van der Waals surface area (Å²) in [6.45, 7) is 2.48. The van der Waals surface area contributed by atoms with Crippen LogP contribution in [-0.4, -0.2) is 32.1 Å². The predicted octanol–water partition coefficient (Wildman–Crippen LogP) is 4.20. The number of sulfonamides is 1. The lowest BCUT2D eigenvalue weighted by atomic mass is 10.1. The first-order chi connectivity index (χ1) is 11.4. The van der Waals surface area contributed by atoms with Crippen LogP contribution >= 0.6 is 27.7 Å². The van der Waals surface area contributed by atoms with Crippen molar-refractivity contribution in [2.75, 3.05) is 19.4 Å². The molecule has 0 aromatic heterocycles. The fourth-order valence-corrected chi connectivity index (χ4v) is 6.26. The second-order valence-electron chi connectivity index (χ2n) is 5.52. The van der Waals surface area contributed by atoms with Gasteiger partial charge in [-0.1, -0.05) is 22.0 Å². The maximum absolute atomic E-state index is 13.0. The Labute approximate surface area is 155 Å². The zero-order valence-electron chi connectivity index (χ0n) is 13.4. The average Bonchev–Trinajstić information content (AvgIpc) is 3.05. The Morgan fingerprint density at radius 2 is 1.92 bits per heavy atom. The summed E-state index contributed by atoms with van der Waals surface area (Å²) in [5, 5.41) is -0.205. The molecule has 0 spiro atoms. The lowest BCUT2D eigenvalue weighted by Gasteiger charge is -2.24. The normalized spacial score (nSPS) is 18.7. The van der Waals surface area contributed by atoms with Crippen LogP contribution in [0.25, 0.3) is 0 Å². The Hall–Kier alpha value is -1.02. The Bertz CT molecular complexity index is 837. The number of hydrogen-bond donors (Lipinski definition) is 0. The van der Waals surface area contributed by atoms with Gasteiger partial charge in [-0.3, -0.25) is 0 Å². The van der Waals surface area contributed by atoms with Crippen molar-refractivity contribution in [1.82, 2.24) is 4.31 Å². The molecule has 0 amide bonds. The van der Waals surface area contributed by atoms with Crippen molar-refractivity contribution in [3.8, 4) is 5.75 Å². The molecule has 4 nitrogen and oxygen atoms in total. The summed E-state index contributed by atoms with van der Waals surface area (Å²) in [6.07, 6.45) is 0. The van der Waals surface area contributed by atoms with Gasteiger partial charge in [0.05, 0.1) is 17.4 Å². The summed E-state index contributed by atoms with van der Waals surface area (Å²) in [6, 6.07) is 12.6. The molecule has 2 aromatic rings. The van der Waals surface area contributed by atoms with Gasteiger partial charge in [0.25, 0.3) is 0 Å². The highest BCUT2D eigenvalue weighted by atomic mass is 79.9. The molecule has 1 fully saturated rings. The fourth-order valence-electron chi connectivity index (χ4n) is 2.76. The minimum absolute atomic E-state index is 0.205. The van der Waals surface area contributed by atoms with E-state index in [1.807, 2.05) is 25.1 Å². The lowest BCUT2D eigenvalue weighted by Crippen LogP contribution is -2.30. The minimum Gasteiger partial charge on any atom is -0.496 e. The van der Waals surface area contributed by atoms with Gasteiger partial charge in [-0.25, -0.2) is 8.42 Å². The number of aryl methyl sites for hydroxylation is 1. The van der Waals surface area contributed by atoms with Crippen molar-refractivity contribution in [3.05, 3.63) is 58.1 Å². The Morgan fingerprint density at radius 3 is 2.54 bits per heavy atom. The third kappa shape index (κ3) is 3.35. The summed E-state index contributed by atoms with van der Waals surface area (Å²) in [5.74, 6) is 1.59. The first-order valence-corrected chi connectivity index (χ1v) is 10.8. The highest BCUT2D eigenvalue weighted by Gasteiger charge is 2.36. The SMILES string of the molecule is COc1ccc(C2SCCN2S(=O)(=O)c2ccc(Br)cc2)cc1C. The molecule has 24 heavy (non-hydrogen) atoms. The molecule has 7 heteroatoms. The zero-order chi connectivity index (χ0) is 17.3. The monoisotopic (exact) mass is 427 g/mol. The molecule has 0 saturated carbocycles. The molecule has 0 aliphatic carbocycles. The van der Waals surface area contributed by atoms with E-state index in [1.165, 1.54) is 0 Å². The summed E-state index contributed by atoms with van der Waals surface area (Å²) < 4.78 is 33.8. The molecule has 2 aromatic carbocycles. The fraction of sp³-hybridized carbons (Fsp3) is 0.294. The Morgan fingerprint density at radius 1 is 1.21 bits per heavy atom. The Kier molecular flexibility index (Phi) is 5.24. The number of benzene rings is 2. The highest BCUT2D eigenvalue weighted by Crippen LogP contribution is 2.42. The van der Waals surface area contributed by atoms with Crippen molar-refractivity contribution >= 4 is 37.7 Å². The molecule has 1 aliphatic rings. The number of rotatable bonds is 4. The third-order valence-electron chi connectivity index (χ3n) is 3.97. The summed E-state index contributed by atoms with van der Waals surface area (Å²) in [4.78, 5) is 0.323. The summed E-state index contributed by atoms with van der Waals surface area (Å²) >= 11 is 4.99. The van der Waals surface area contributed by atoms with E-state index in [0.717, 1.165) is 27.1 Å². The average molecular weight is 428 g/mol. The molecule has 0 bridgehead atoms. The van der Waals surface area contributed by atoms with E-state index in [1.54, 1.807) is 47.4 Å². The van der Waals surface area contributed by atoms with E-state index in [0.29, 0.717) is 11.4 Å². The molecule has 1 aliphatic heterocycles. The number of ether oxygens (including phenoxy) is 1. The molecule has 1 unspecified atom stereocenters. The van der Waals surface area contributed by atoms with Gasteiger partial charge in [-0.05, 0) is 54.4 Å². The van der Waals surface area contributed by atoms with Crippen molar-refractivity contribution in [2.24, 2.45) is 0 Å². The number of hydrogen-bond acceptors (Lipinski definition) is 4. The zero-order valence-corrected chi connectivity index (χ0v) is 16.6. The molecule has 1 saturated heterocycles. The third-order valence-corrected chi connectivity index (χ3v) is 7.77. The number of thioether (sulfide) groups is 1. The smallest absolute Gasteiger partial charge is 0.244 e. The molecule has 0 N–H and O–H groups in total.